The van der Waals surface area contributed by atoms with Gasteiger partial charge < -0.3 is 9.47 Å². The third kappa shape index (κ3) is 4.49. The number of fused-ring (bicyclic) bond motifs is 1. The molecule has 0 aromatic heterocycles. The zero-order valence-electron chi connectivity index (χ0n) is 15.7. The summed E-state index contributed by atoms with van der Waals surface area (Å²) in [6.07, 6.45) is 0. The molecule has 3 rings (SSSR count). The van der Waals surface area contributed by atoms with E-state index in [4.69, 9.17) is 9.47 Å². The maximum Gasteiger partial charge on any atom is 0.321 e. The van der Waals surface area contributed by atoms with Crippen molar-refractivity contribution in [3.63, 3.8) is 0 Å². The molecule has 0 amide bonds. The summed E-state index contributed by atoms with van der Waals surface area (Å²) in [7, 11) is -0.763. The highest BCUT2D eigenvalue weighted by Gasteiger charge is 2.23. The van der Waals surface area contributed by atoms with Crippen molar-refractivity contribution >= 4 is 26.8 Å². The van der Waals surface area contributed by atoms with Crippen LogP contribution in [0.25, 0.3) is 10.8 Å². The molecule has 0 radical (unpaired) electrons. The van der Waals surface area contributed by atoms with E-state index in [0.29, 0.717) is 0 Å². The third-order valence-electron chi connectivity index (χ3n) is 4.31. The Balaban J connectivity index is 1.61. The van der Waals surface area contributed by atoms with Crippen molar-refractivity contribution in [3.05, 3.63) is 72.3 Å². The van der Waals surface area contributed by atoms with Crippen LogP contribution in [-0.4, -0.2) is 39.4 Å². The highest BCUT2D eigenvalue weighted by Crippen LogP contribution is 2.22. The van der Waals surface area contributed by atoms with Gasteiger partial charge in [0.2, 0.25) is 10.0 Å². The first-order chi connectivity index (χ1) is 13.4. The van der Waals surface area contributed by atoms with Crippen LogP contribution in [-0.2, 0) is 26.2 Å². The quantitative estimate of drug-likeness (QED) is 0.571. The lowest BCUT2D eigenvalue weighted by atomic mass is 10.1. The lowest BCUT2D eigenvalue weighted by molar-refractivity contribution is -0.144. The van der Waals surface area contributed by atoms with Crippen molar-refractivity contribution in [2.24, 2.45) is 0 Å². The standard InChI is InChI=1S/C21H21NO5S/c1-22(28(24,25)20-6-4-3-5-7-20)14-21(23)27-15-16-8-9-18-13-19(26-2)11-10-17(18)12-16/h3-13H,14-15H2,1-2H3. The molecule has 6 nitrogen and oxygen atoms in total. The number of benzene rings is 3. The zero-order chi connectivity index (χ0) is 20.1. The normalized spacial score (nSPS) is 11.5. The Morgan fingerprint density at radius 1 is 0.964 bits per heavy atom. The molecule has 0 saturated carbocycles. The molecule has 0 fully saturated rings. The third-order valence-corrected chi connectivity index (χ3v) is 6.13. The Bertz CT molecular complexity index is 1080. The summed E-state index contributed by atoms with van der Waals surface area (Å²) in [5.74, 6) is 0.158. The van der Waals surface area contributed by atoms with Crippen LogP contribution in [0.5, 0.6) is 5.75 Å². The number of sulfonamides is 1. The molecule has 0 bridgehead atoms. The van der Waals surface area contributed by atoms with Crippen molar-refractivity contribution in [3.8, 4) is 5.75 Å². The molecule has 0 spiro atoms. The minimum absolute atomic E-state index is 0.0695. The lowest BCUT2D eigenvalue weighted by Gasteiger charge is -2.16. The molecule has 0 saturated heterocycles. The van der Waals surface area contributed by atoms with Crippen molar-refractivity contribution < 1.29 is 22.7 Å². The number of hydrogen-bond acceptors (Lipinski definition) is 5. The number of nitrogens with zero attached hydrogens (tertiary/aromatic N) is 1. The van der Waals surface area contributed by atoms with E-state index < -0.39 is 16.0 Å². The van der Waals surface area contributed by atoms with E-state index in [1.807, 2.05) is 36.4 Å². The predicted molar refractivity (Wildman–Crippen MR) is 107 cm³/mol. The van der Waals surface area contributed by atoms with Crippen LogP contribution in [0.4, 0.5) is 0 Å². The monoisotopic (exact) mass is 399 g/mol. The Hall–Kier alpha value is -2.90. The van der Waals surface area contributed by atoms with Crippen molar-refractivity contribution in [1.29, 1.82) is 0 Å². The fourth-order valence-corrected chi connectivity index (χ4v) is 3.88. The second kappa shape index (κ2) is 8.41. The van der Waals surface area contributed by atoms with Gasteiger partial charge in [-0.3, -0.25) is 4.79 Å². The SMILES string of the molecule is COc1ccc2cc(COC(=O)CN(C)S(=O)(=O)c3ccccc3)ccc2c1. The summed E-state index contributed by atoms with van der Waals surface area (Å²) in [5, 5.41) is 2.02. The maximum absolute atomic E-state index is 12.4. The fourth-order valence-electron chi connectivity index (χ4n) is 2.74. The van der Waals surface area contributed by atoms with Gasteiger partial charge in [-0.25, -0.2) is 8.42 Å². The van der Waals surface area contributed by atoms with Gasteiger partial charge in [0.25, 0.3) is 0 Å². The summed E-state index contributed by atoms with van der Waals surface area (Å²) in [4.78, 5) is 12.2. The summed E-state index contributed by atoms with van der Waals surface area (Å²) < 4.78 is 36.3. The van der Waals surface area contributed by atoms with Crippen LogP contribution in [0.1, 0.15) is 5.56 Å². The Morgan fingerprint density at radius 2 is 1.64 bits per heavy atom. The van der Waals surface area contributed by atoms with Gasteiger partial charge in [-0.1, -0.05) is 36.4 Å². The minimum Gasteiger partial charge on any atom is -0.497 e. The smallest absolute Gasteiger partial charge is 0.321 e. The molecule has 0 aliphatic rings. The summed E-state index contributed by atoms with van der Waals surface area (Å²) >= 11 is 0. The van der Waals surface area contributed by atoms with E-state index in [9.17, 15) is 13.2 Å². The van der Waals surface area contributed by atoms with Crippen molar-refractivity contribution in [2.75, 3.05) is 20.7 Å². The average molecular weight is 399 g/mol. The number of esters is 1. The van der Waals surface area contributed by atoms with E-state index in [-0.39, 0.29) is 18.0 Å². The molecule has 7 heteroatoms. The van der Waals surface area contributed by atoms with Crippen LogP contribution in [0.3, 0.4) is 0 Å². The van der Waals surface area contributed by atoms with Crippen LogP contribution in [0, 0.1) is 0 Å². The first-order valence-corrected chi connectivity index (χ1v) is 10.1. The molecular formula is C21H21NO5S. The van der Waals surface area contributed by atoms with Gasteiger partial charge in [-0.05, 0) is 46.7 Å². The molecule has 0 unspecified atom stereocenters. The predicted octanol–water partition coefficient (Wildman–Crippen LogP) is 3.21. The van der Waals surface area contributed by atoms with E-state index in [2.05, 4.69) is 0 Å². The zero-order valence-corrected chi connectivity index (χ0v) is 16.5. The van der Waals surface area contributed by atoms with Gasteiger partial charge in [0.05, 0.1) is 12.0 Å². The number of methoxy groups -OCH3 is 1. The van der Waals surface area contributed by atoms with Gasteiger partial charge in [0, 0.05) is 7.05 Å². The summed E-state index contributed by atoms with van der Waals surface area (Å²) in [6, 6.07) is 19.4. The second-order valence-electron chi connectivity index (χ2n) is 6.28. The Labute approximate surface area is 164 Å². The molecule has 28 heavy (non-hydrogen) atoms. The van der Waals surface area contributed by atoms with Gasteiger partial charge in [-0.15, -0.1) is 0 Å². The fraction of sp³-hybridized carbons (Fsp3) is 0.190. The summed E-state index contributed by atoms with van der Waals surface area (Å²) in [6.45, 7) is -0.290. The Kier molecular flexibility index (Phi) is 5.96. The number of carbonyl (C=O) groups excluding carboxylic acids is 1. The molecule has 146 valence electrons. The highest BCUT2D eigenvalue weighted by atomic mass is 32.2. The number of likely N-dealkylation sites (N-methyl/N-ethyl adjacent to an activating group) is 1. The van der Waals surface area contributed by atoms with Crippen LogP contribution in [0.15, 0.2) is 71.6 Å². The molecule has 0 aliphatic heterocycles. The first-order valence-electron chi connectivity index (χ1n) is 8.64. The van der Waals surface area contributed by atoms with Crippen molar-refractivity contribution in [1.82, 2.24) is 4.31 Å². The van der Waals surface area contributed by atoms with Gasteiger partial charge in [-0.2, -0.15) is 4.31 Å². The molecule has 0 heterocycles. The highest BCUT2D eigenvalue weighted by molar-refractivity contribution is 7.89. The number of hydrogen-bond donors (Lipinski definition) is 0. The topological polar surface area (TPSA) is 72.9 Å². The molecular weight excluding hydrogens is 378 g/mol. The second-order valence-corrected chi connectivity index (χ2v) is 8.33. The molecule has 0 N–H and O–H groups in total. The van der Waals surface area contributed by atoms with Crippen LogP contribution >= 0.6 is 0 Å². The van der Waals surface area contributed by atoms with Gasteiger partial charge in [0.1, 0.15) is 18.9 Å². The van der Waals surface area contributed by atoms with E-state index in [1.54, 1.807) is 25.3 Å². The number of ether oxygens (including phenoxy) is 2. The molecule has 3 aromatic carbocycles. The molecule has 3 aromatic rings. The lowest BCUT2D eigenvalue weighted by Crippen LogP contribution is -2.33. The van der Waals surface area contributed by atoms with E-state index in [0.717, 1.165) is 26.4 Å². The van der Waals surface area contributed by atoms with E-state index in [1.165, 1.54) is 19.2 Å². The van der Waals surface area contributed by atoms with Crippen molar-refractivity contribution in [2.45, 2.75) is 11.5 Å². The molecule has 0 atom stereocenters. The minimum atomic E-state index is -3.73. The van der Waals surface area contributed by atoms with Gasteiger partial charge >= 0.3 is 5.97 Å². The van der Waals surface area contributed by atoms with Crippen LogP contribution < -0.4 is 4.74 Å². The Morgan fingerprint density at radius 3 is 2.36 bits per heavy atom. The number of rotatable bonds is 7. The summed E-state index contributed by atoms with van der Waals surface area (Å²) in [5.41, 5.74) is 0.819. The van der Waals surface area contributed by atoms with Gasteiger partial charge in [0.15, 0.2) is 0 Å². The number of carbonyl (C=O) groups is 1. The molecule has 0 aliphatic carbocycles. The largest absolute Gasteiger partial charge is 0.497 e. The maximum atomic E-state index is 12.4. The first kappa shape index (κ1) is 19.9. The van der Waals surface area contributed by atoms with E-state index >= 15 is 0 Å². The van der Waals surface area contributed by atoms with Crippen LogP contribution in [0.2, 0.25) is 0 Å². The average Bonchev–Trinajstić information content (AvgIpc) is 2.72.